The normalized spacial score (nSPS) is 11.2. The van der Waals surface area contributed by atoms with E-state index in [1.54, 1.807) is 18.2 Å². The molecule has 0 aromatic heterocycles. The van der Waals surface area contributed by atoms with E-state index in [1.165, 1.54) is 6.07 Å². The quantitative estimate of drug-likeness (QED) is 0.539. The van der Waals surface area contributed by atoms with Crippen LogP contribution in [0.2, 0.25) is 5.02 Å². The van der Waals surface area contributed by atoms with E-state index in [-0.39, 0.29) is 27.7 Å². The highest BCUT2D eigenvalue weighted by Gasteiger charge is 2.15. The molecular weight excluding hydrogens is 252 g/mol. The number of phenols is 3. The zero-order valence-electron chi connectivity index (χ0n) is 9.18. The van der Waals surface area contributed by atoms with Crippen molar-refractivity contribution in [3.63, 3.8) is 0 Å². The van der Waals surface area contributed by atoms with Crippen molar-refractivity contribution in [1.82, 2.24) is 0 Å². The molecule has 0 radical (unpaired) electrons. The molecule has 0 aliphatic rings. The Morgan fingerprint density at radius 2 is 1.56 bits per heavy atom. The van der Waals surface area contributed by atoms with Gasteiger partial charge in [-0.25, -0.2) is 0 Å². The van der Waals surface area contributed by atoms with Gasteiger partial charge in [0, 0.05) is 5.39 Å². The third kappa shape index (κ3) is 1.38. The van der Waals surface area contributed by atoms with Crippen molar-refractivity contribution in [1.29, 1.82) is 0 Å². The van der Waals surface area contributed by atoms with Crippen LogP contribution in [0.5, 0.6) is 17.2 Å². The summed E-state index contributed by atoms with van der Waals surface area (Å²) in [5.74, 6) is -0.561. The zero-order valence-corrected chi connectivity index (χ0v) is 9.94. The number of hydrogen-bond donors (Lipinski definition) is 3. The fourth-order valence-electron chi connectivity index (χ4n) is 2.15. The molecule has 0 fully saturated rings. The van der Waals surface area contributed by atoms with E-state index < -0.39 is 0 Å². The molecule has 3 rings (SSSR count). The number of aromatic hydroxyl groups is 3. The number of hydrogen-bond acceptors (Lipinski definition) is 3. The first kappa shape index (κ1) is 11.0. The lowest BCUT2D eigenvalue weighted by Gasteiger charge is -2.10. The van der Waals surface area contributed by atoms with Crippen molar-refractivity contribution in [2.45, 2.75) is 0 Å². The van der Waals surface area contributed by atoms with Gasteiger partial charge in [-0.1, -0.05) is 35.9 Å². The van der Waals surface area contributed by atoms with Gasteiger partial charge in [-0.05, 0) is 22.9 Å². The Balaban J connectivity index is 2.61. The van der Waals surface area contributed by atoms with Crippen molar-refractivity contribution >= 4 is 33.1 Å². The van der Waals surface area contributed by atoms with E-state index in [0.29, 0.717) is 10.8 Å². The summed E-state index contributed by atoms with van der Waals surface area (Å²) in [6, 6.07) is 10.4. The predicted molar refractivity (Wildman–Crippen MR) is 71.5 cm³/mol. The van der Waals surface area contributed by atoms with Crippen LogP contribution < -0.4 is 0 Å². The first-order valence-corrected chi connectivity index (χ1v) is 5.72. The van der Waals surface area contributed by atoms with Crippen LogP contribution in [0.3, 0.4) is 0 Å². The highest BCUT2D eigenvalue weighted by atomic mass is 35.5. The number of phenolic OH excluding ortho intramolecular Hbond substituents is 3. The molecule has 0 bridgehead atoms. The van der Waals surface area contributed by atoms with Crippen LogP contribution in [-0.2, 0) is 0 Å². The molecule has 0 atom stereocenters. The average molecular weight is 261 g/mol. The van der Waals surface area contributed by atoms with Crippen molar-refractivity contribution in [2.24, 2.45) is 0 Å². The molecular formula is C14H9ClO3. The van der Waals surface area contributed by atoms with Crippen LogP contribution in [0.4, 0.5) is 0 Å². The van der Waals surface area contributed by atoms with Crippen LogP contribution >= 0.6 is 11.6 Å². The lowest BCUT2D eigenvalue weighted by atomic mass is 10.0. The lowest BCUT2D eigenvalue weighted by molar-refractivity contribution is 0.451. The van der Waals surface area contributed by atoms with Crippen molar-refractivity contribution < 1.29 is 15.3 Å². The van der Waals surface area contributed by atoms with E-state index in [9.17, 15) is 15.3 Å². The second kappa shape index (κ2) is 3.68. The minimum Gasteiger partial charge on any atom is -0.507 e. The van der Waals surface area contributed by atoms with Gasteiger partial charge in [0.05, 0.1) is 5.39 Å². The first-order valence-electron chi connectivity index (χ1n) is 5.34. The second-order valence-corrected chi connectivity index (χ2v) is 4.48. The van der Waals surface area contributed by atoms with Gasteiger partial charge in [-0.15, -0.1) is 0 Å². The van der Waals surface area contributed by atoms with Crippen molar-refractivity contribution in [2.75, 3.05) is 0 Å². The molecule has 0 spiro atoms. The summed E-state index contributed by atoms with van der Waals surface area (Å²) < 4.78 is 0. The van der Waals surface area contributed by atoms with Gasteiger partial charge in [0.15, 0.2) is 0 Å². The Bertz CT molecular complexity index is 781. The van der Waals surface area contributed by atoms with E-state index in [2.05, 4.69) is 0 Å². The Morgan fingerprint density at radius 1 is 0.833 bits per heavy atom. The van der Waals surface area contributed by atoms with Gasteiger partial charge in [-0.2, -0.15) is 0 Å². The second-order valence-electron chi connectivity index (χ2n) is 4.10. The number of rotatable bonds is 0. The molecule has 0 amide bonds. The Kier molecular flexibility index (Phi) is 2.25. The third-order valence-corrected chi connectivity index (χ3v) is 3.39. The van der Waals surface area contributed by atoms with Gasteiger partial charge < -0.3 is 15.3 Å². The van der Waals surface area contributed by atoms with E-state index >= 15 is 0 Å². The Labute approximate surface area is 107 Å². The summed E-state index contributed by atoms with van der Waals surface area (Å²) in [6.07, 6.45) is 0. The predicted octanol–water partition coefficient (Wildman–Crippen LogP) is 3.76. The molecule has 18 heavy (non-hydrogen) atoms. The largest absolute Gasteiger partial charge is 0.507 e. The van der Waals surface area contributed by atoms with Gasteiger partial charge in [0.2, 0.25) is 0 Å². The maximum absolute atomic E-state index is 10.2. The number of halogens is 1. The van der Waals surface area contributed by atoms with Gasteiger partial charge >= 0.3 is 0 Å². The molecule has 3 aromatic rings. The fourth-order valence-corrected chi connectivity index (χ4v) is 2.30. The zero-order chi connectivity index (χ0) is 12.9. The summed E-state index contributed by atoms with van der Waals surface area (Å²) >= 11 is 5.77. The molecule has 90 valence electrons. The molecule has 0 aliphatic heterocycles. The molecule has 0 saturated carbocycles. The Morgan fingerprint density at radius 3 is 2.33 bits per heavy atom. The molecule has 3 aromatic carbocycles. The summed E-state index contributed by atoms with van der Waals surface area (Å²) in [5.41, 5.74) is 0. The van der Waals surface area contributed by atoms with Crippen LogP contribution in [0, 0.1) is 0 Å². The van der Waals surface area contributed by atoms with Crippen LogP contribution in [0.15, 0.2) is 36.4 Å². The van der Waals surface area contributed by atoms with E-state index in [0.717, 1.165) is 5.39 Å². The van der Waals surface area contributed by atoms with Crippen molar-refractivity contribution in [3.8, 4) is 17.2 Å². The number of fused-ring (bicyclic) bond motifs is 2. The minimum atomic E-state index is -0.310. The Hall–Kier alpha value is -2.13. The van der Waals surface area contributed by atoms with Gasteiger partial charge in [-0.3, -0.25) is 0 Å². The minimum absolute atomic E-state index is 0.0394. The van der Waals surface area contributed by atoms with Gasteiger partial charge in [0.1, 0.15) is 22.3 Å². The smallest absolute Gasteiger partial charge is 0.149 e. The molecule has 3 N–H and O–H groups in total. The summed E-state index contributed by atoms with van der Waals surface area (Å²) in [4.78, 5) is 0. The van der Waals surface area contributed by atoms with Crippen molar-refractivity contribution in [3.05, 3.63) is 41.4 Å². The molecule has 0 heterocycles. The molecule has 3 nitrogen and oxygen atoms in total. The topological polar surface area (TPSA) is 60.7 Å². The van der Waals surface area contributed by atoms with Crippen LogP contribution in [0.1, 0.15) is 0 Å². The van der Waals surface area contributed by atoms with Crippen LogP contribution in [0.25, 0.3) is 21.5 Å². The SMILES string of the molecule is Oc1cc2cc3ccccc3c(O)c2c(O)c1Cl. The van der Waals surface area contributed by atoms with E-state index in [1.807, 2.05) is 12.1 Å². The first-order chi connectivity index (χ1) is 8.59. The van der Waals surface area contributed by atoms with E-state index in [4.69, 9.17) is 11.6 Å². The standard InChI is InChI=1S/C14H9ClO3/c15-12-10(16)6-8-5-7-3-1-2-4-9(7)13(17)11(8)14(12)18/h1-6,16-18H. The summed E-state index contributed by atoms with van der Waals surface area (Å²) in [7, 11) is 0. The van der Waals surface area contributed by atoms with Crippen LogP contribution in [-0.4, -0.2) is 15.3 Å². The highest BCUT2D eigenvalue weighted by molar-refractivity contribution is 6.35. The molecule has 0 unspecified atom stereocenters. The highest BCUT2D eigenvalue weighted by Crippen LogP contribution is 2.45. The maximum Gasteiger partial charge on any atom is 0.149 e. The molecule has 4 heteroatoms. The maximum atomic E-state index is 10.2. The summed E-state index contributed by atoms with van der Waals surface area (Å²) in [5, 5.41) is 31.8. The average Bonchev–Trinajstić information content (AvgIpc) is 2.36. The lowest BCUT2D eigenvalue weighted by Crippen LogP contribution is -1.81. The van der Waals surface area contributed by atoms with Gasteiger partial charge in [0.25, 0.3) is 0 Å². The third-order valence-electron chi connectivity index (χ3n) is 3.01. The fraction of sp³-hybridized carbons (Fsp3) is 0. The number of benzene rings is 3. The molecule has 0 aliphatic carbocycles. The molecule has 0 saturated heterocycles. The monoisotopic (exact) mass is 260 g/mol. The summed E-state index contributed by atoms with van der Waals surface area (Å²) in [6.45, 7) is 0.